The second kappa shape index (κ2) is 6.42. The van der Waals surface area contributed by atoms with Crippen LogP contribution in [0.5, 0.6) is 17.2 Å². The molecule has 0 spiro atoms. The molecule has 92 valence electrons. The highest BCUT2D eigenvalue weighted by atomic mass is 16.5. The Balaban J connectivity index is 2.88. The van der Waals surface area contributed by atoms with Gasteiger partial charge in [-0.2, -0.15) is 0 Å². The van der Waals surface area contributed by atoms with E-state index in [0.717, 1.165) is 6.08 Å². The SMILES string of the molecule is COC(=O)C=COc1c(OC)cccc1OC. The third-order valence-electron chi connectivity index (χ3n) is 1.97. The third-order valence-corrected chi connectivity index (χ3v) is 1.97. The standard InChI is InChI=1S/C12H14O5/c1-14-9-5-4-6-10(15-2)12(9)17-8-7-11(13)16-3/h4-8H,1-3H3. The van der Waals surface area contributed by atoms with E-state index in [4.69, 9.17) is 14.2 Å². The summed E-state index contributed by atoms with van der Waals surface area (Å²) in [5.74, 6) is 0.925. The van der Waals surface area contributed by atoms with Crippen molar-refractivity contribution in [2.24, 2.45) is 0 Å². The molecule has 0 aromatic heterocycles. The summed E-state index contributed by atoms with van der Waals surface area (Å²) >= 11 is 0. The van der Waals surface area contributed by atoms with E-state index in [1.54, 1.807) is 18.2 Å². The van der Waals surface area contributed by atoms with Gasteiger partial charge in [-0.15, -0.1) is 0 Å². The Hall–Kier alpha value is -2.17. The number of hydrogen-bond acceptors (Lipinski definition) is 5. The van der Waals surface area contributed by atoms with Gasteiger partial charge in [-0.25, -0.2) is 4.79 Å². The van der Waals surface area contributed by atoms with Gasteiger partial charge in [0.15, 0.2) is 11.5 Å². The first-order valence-electron chi connectivity index (χ1n) is 4.85. The van der Waals surface area contributed by atoms with E-state index in [1.165, 1.54) is 27.6 Å². The summed E-state index contributed by atoms with van der Waals surface area (Å²) in [6, 6.07) is 5.22. The van der Waals surface area contributed by atoms with Crippen molar-refractivity contribution >= 4 is 5.97 Å². The van der Waals surface area contributed by atoms with Crippen molar-refractivity contribution in [3.8, 4) is 17.2 Å². The minimum Gasteiger partial charge on any atom is -0.493 e. The van der Waals surface area contributed by atoms with Crippen LogP contribution in [-0.2, 0) is 9.53 Å². The van der Waals surface area contributed by atoms with Crippen molar-refractivity contribution in [2.75, 3.05) is 21.3 Å². The number of carbonyl (C=O) groups is 1. The molecule has 17 heavy (non-hydrogen) atoms. The van der Waals surface area contributed by atoms with Crippen molar-refractivity contribution in [1.82, 2.24) is 0 Å². The van der Waals surface area contributed by atoms with Crippen LogP contribution in [0.15, 0.2) is 30.5 Å². The summed E-state index contributed by atoms with van der Waals surface area (Å²) in [6.07, 6.45) is 2.37. The molecule has 0 aliphatic rings. The Morgan fingerprint density at radius 2 is 1.71 bits per heavy atom. The lowest BCUT2D eigenvalue weighted by atomic mass is 10.3. The number of benzene rings is 1. The Morgan fingerprint density at radius 1 is 1.12 bits per heavy atom. The smallest absolute Gasteiger partial charge is 0.333 e. The zero-order valence-electron chi connectivity index (χ0n) is 9.93. The second-order valence-corrected chi connectivity index (χ2v) is 2.94. The van der Waals surface area contributed by atoms with E-state index in [1.807, 2.05) is 0 Å². The van der Waals surface area contributed by atoms with Gasteiger partial charge >= 0.3 is 5.97 Å². The summed E-state index contributed by atoms with van der Waals surface area (Å²) in [4.78, 5) is 10.9. The average molecular weight is 238 g/mol. The number of methoxy groups -OCH3 is 3. The predicted octanol–water partition coefficient (Wildman–Crippen LogP) is 1.77. The maximum atomic E-state index is 10.9. The van der Waals surface area contributed by atoms with Crippen molar-refractivity contribution < 1.29 is 23.7 Å². The molecular weight excluding hydrogens is 224 g/mol. The Morgan fingerprint density at radius 3 is 2.18 bits per heavy atom. The van der Waals surface area contributed by atoms with Crippen molar-refractivity contribution in [3.05, 3.63) is 30.5 Å². The van der Waals surface area contributed by atoms with E-state index >= 15 is 0 Å². The number of rotatable bonds is 5. The first kappa shape index (κ1) is 12.9. The van der Waals surface area contributed by atoms with Crippen LogP contribution < -0.4 is 14.2 Å². The minimum atomic E-state index is -0.501. The molecule has 5 heteroatoms. The number of ether oxygens (including phenoxy) is 4. The van der Waals surface area contributed by atoms with Gasteiger partial charge in [0.05, 0.1) is 33.7 Å². The average Bonchev–Trinajstić information content (AvgIpc) is 2.38. The molecular formula is C12H14O5. The Bertz CT molecular complexity index is 389. The lowest BCUT2D eigenvalue weighted by molar-refractivity contribution is -0.134. The Kier molecular flexibility index (Phi) is 4.87. The highest BCUT2D eigenvalue weighted by Gasteiger charge is 2.09. The monoisotopic (exact) mass is 238 g/mol. The maximum Gasteiger partial charge on any atom is 0.333 e. The lowest BCUT2D eigenvalue weighted by Crippen LogP contribution is -1.97. The fourth-order valence-electron chi connectivity index (χ4n) is 1.16. The first-order chi connectivity index (χ1) is 8.22. The van der Waals surface area contributed by atoms with E-state index in [2.05, 4.69) is 4.74 Å². The van der Waals surface area contributed by atoms with E-state index in [0.29, 0.717) is 17.2 Å². The molecule has 0 fully saturated rings. The normalized spacial score (nSPS) is 10.1. The highest BCUT2D eigenvalue weighted by molar-refractivity contribution is 5.81. The minimum absolute atomic E-state index is 0.401. The van der Waals surface area contributed by atoms with Crippen LogP contribution in [0.4, 0.5) is 0 Å². The van der Waals surface area contributed by atoms with Gasteiger partial charge in [0.1, 0.15) is 0 Å². The quantitative estimate of drug-likeness (QED) is 0.444. The van der Waals surface area contributed by atoms with Gasteiger partial charge in [-0.3, -0.25) is 0 Å². The first-order valence-corrected chi connectivity index (χ1v) is 4.85. The number of carbonyl (C=O) groups excluding carboxylic acids is 1. The fourth-order valence-corrected chi connectivity index (χ4v) is 1.16. The molecule has 1 aromatic carbocycles. The third kappa shape index (κ3) is 3.41. The maximum absolute atomic E-state index is 10.9. The summed E-state index contributed by atoms with van der Waals surface area (Å²) in [5, 5.41) is 0. The fraction of sp³-hybridized carbons (Fsp3) is 0.250. The number of hydrogen-bond donors (Lipinski definition) is 0. The zero-order valence-corrected chi connectivity index (χ0v) is 9.93. The largest absolute Gasteiger partial charge is 0.493 e. The molecule has 1 aromatic rings. The molecule has 0 unspecified atom stereocenters. The van der Waals surface area contributed by atoms with E-state index < -0.39 is 5.97 Å². The molecule has 0 saturated heterocycles. The molecule has 0 bridgehead atoms. The van der Waals surface area contributed by atoms with Crippen molar-refractivity contribution in [2.45, 2.75) is 0 Å². The molecule has 0 atom stereocenters. The van der Waals surface area contributed by atoms with Gasteiger partial charge in [0, 0.05) is 0 Å². The molecule has 1 rings (SSSR count). The molecule has 5 nitrogen and oxygen atoms in total. The van der Waals surface area contributed by atoms with Gasteiger partial charge in [0.25, 0.3) is 0 Å². The van der Waals surface area contributed by atoms with Gasteiger partial charge in [0.2, 0.25) is 5.75 Å². The number of esters is 1. The summed E-state index contributed by atoms with van der Waals surface area (Å²) in [6.45, 7) is 0. The molecule has 0 amide bonds. The van der Waals surface area contributed by atoms with Gasteiger partial charge in [-0.05, 0) is 12.1 Å². The van der Waals surface area contributed by atoms with Crippen LogP contribution in [0.2, 0.25) is 0 Å². The molecule has 0 N–H and O–H groups in total. The van der Waals surface area contributed by atoms with Crippen LogP contribution in [0, 0.1) is 0 Å². The second-order valence-electron chi connectivity index (χ2n) is 2.94. The molecule has 0 saturated carbocycles. The predicted molar refractivity (Wildman–Crippen MR) is 61.3 cm³/mol. The summed E-state index contributed by atoms with van der Waals surface area (Å²) in [5.41, 5.74) is 0. The molecule has 0 aliphatic heterocycles. The number of para-hydroxylation sites is 1. The van der Waals surface area contributed by atoms with Crippen LogP contribution in [0.3, 0.4) is 0 Å². The van der Waals surface area contributed by atoms with Crippen LogP contribution >= 0.6 is 0 Å². The van der Waals surface area contributed by atoms with Crippen LogP contribution in [0.1, 0.15) is 0 Å². The van der Waals surface area contributed by atoms with Crippen LogP contribution in [-0.4, -0.2) is 27.3 Å². The zero-order chi connectivity index (χ0) is 12.7. The summed E-state index contributed by atoms with van der Waals surface area (Å²) in [7, 11) is 4.33. The molecule has 0 radical (unpaired) electrons. The lowest BCUT2D eigenvalue weighted by Gasteiger charge is -2.11. The van der Waals surface area contributed by atoms with Crippen molar-refractivity contribution in [1.29, 1.82) is 0 Å². The molecule has 0 heterocycles. The van der Waals surface area contributed by atoms with Gasteiger partial charge in [-0.1, -0.05) is 6.07 Å². The topological polar surface area (TPSA) is 54.0 Å². The Labute approximate surface area is 99.5 Å². The van der Waals surface area contributed by atoms with E-state index in [-0.39, 0.29) is 0 Å². The van der Waals surface area contributed by atoms with Gasteiger partial charge < -0.3 is 18.9 Å². The highest BCUT2D eigenvalue weighted by Crippen LogP contribution is 2.36. The summed E-state index contributed by atoms with van der Waals surface area (Å²) < 4.78 is 20.0. The van der Waals surface area contributed by atoms with Crippen LogP contribution in [0.25, 0.3) is 0 Å². The van der Waals surface area contributed by atoms with E-state index in [9.17, 15) is 4.79 Å². The van der Waals surface area contributed by atoms with Crippen molar-refractivity contribution in [3.63, 3.8) is 0 Å². The molecule has 0 aliphatic carbocycles.